The van der Waals surface area contributed by atoms with Crippen LogP contribution in [0, 0.1) is 6.92 Å². The van der Waals surface area contributed by atoms with E-state index in [0.29, 0.717) is 12.5 Å². The Labute approximate surface area is 68.8 Å². The third-order valence-electron chi connectivity index (χ3n) is 1.67. The Bertz CT molecular complexity index is 262. The zero-order valence-corrected chi connectivity index (χ0v) is 6.84. The van der Waals surface area contributed by atoms with Crippen LogP contribution < -0.4 is 0 Å². The van der Waals surface area contributed by atoms with E-state index >= 15 is 0 Å². The average Bonchev–Trinajstić information content (AvgIpc) is 2.31. The van der Waals surface area contributed by atoms with Crippen LogP contribution in [0.5, 0.6) is 0 Å². The highest BCUT2D eigenvalue weighted by molar-refractivity contribution is 5.23. The van der Waals surface area contributed by atoms with Crippen LogP contribution in [0.2, 0.25) is 0 Å². The highest BCUT2D eigenvalue weighted by Crippen LogP contribution is 2.32. The van der Waals surface area contributed by atoms with Gasteiger partial charge in [0.2, 0.25) is 0 Å². The van der Waals surface area contributed by atoms with Gasteiger partial charge < -0.3 is 9.52 Å². The molecule has 1 N–H and O–H groups in total. The largest absolute Gasteiger partial charge is 0.472 e. The van der Waals surface area contributed by atoms with Crippen molar-refractivity contribution in [3.8, 4) is 0 Å². The summed E-state index contributed by atoms with van der Waals surface area (Å²) < 4.78 is 29.8. The second-order valence-electron chi connectivity index (χ2n) is 2.87. The second-order valence-corrected chi connectivity index (χ2v) is 2.87. The molecular formula is C8H10F2O2. The molecule has 0 aliphatic carbocycles. The van der Waals surface area contributed by atoms with Crippen LogP contribution in [0.3, 0.4) is 0 Å². The number of aliphatic hydroxyl groups is 1. The molecule has 1 heterocycles. The molecule has 0 saturated carbocycles. The second kappa shape index (κ2) is 2.86. The third-order valence-corrected chi connectivity index (χ3v) is 1.67. The standard InChI is InChI=1S/C8H10F2O2/c1-5-3-12-4-6(5)7(11)8(2,9)10/h3-4,7,11H,1-2H3. The van der Waals surface area contributed by atoms with E-state index in [1.165, 1.54) is 6.26 Å². The number of halogens is 2. The van der Waals surface area contributed by atoms with Crippen LogP contribution >= 0.6 is 0 Å². The van der Waals surface area contributed by atoms with Crippen LogP contribution in [0.4, 0.5) is 8.78 Å². The molecule has 0 saturated heterocycles. The fourth-order valence-electron chi connectivity index (χ4n) is 0.924. The van der Waals surface area contributed by atoms with Crippen molar-refractivity contribution < 1.29 is 18.3 Å². The molecule has 68 valence electrons. The zero-order chi connectivity index (χ0) is 9.35. The van der Waals surface area contributed by atoms with Crippen LogP contribution in [-0.2, 0) is 0 Å². The summed E-state index contributed by atoms with van der Waals surface area (Å²) >= 11 is 0. The van der Waals surface area contributed by atoms with E-state index in [-0.39, 0.29) is 5.56 Å². The minimum Gasteiger partial charge on any atom is -0.472 e. The number of hydrogen-bond donors (Lipinski definition) is 1. The maximum Gasteiger partial charge on any atom is 0.274 e. The first kappa shape index (κ1) is 9.19. The van der Waals surface area contributed by atoms with E-state index in [1.807, 2.05) is 0 Å². The Kier molecular flexibility index (Phi) is 2.19. The number of alkyl halides is 2. The molecule has 0 fully saturated rings. The molecule has 0 aliphatic rings. The molecule has 1 atom stereocenters. The monoisotopic (exact) mass is 176 g/mol. The Morgan fingerprint density at radius 1 is 1.50 bits per heavy atom. The van der Waals surface area contributed by atoms with Crippen molar-refractivity contribution in [2.75, 3.05) is 0 Å². The lowest BCUT2D eigenvalue weighted by molar-refractivity contribution is -0.0958. The highest BCUT2D eigenvalue weighted by Gasteiger charge is 2.35. The molecule has 0 radical (unpaired) electrons. The van der Waals surface area contributed by atoms with E-state index in [1.54, 1.807) is 6.92 Å². The predicted octanol–water partition coefficient (Wildman–Crippen LogP) is 2.28. The number of rotatable bonds is 2. The molecule has 1 aromatic heterocycles. The number of furan rings is 1. The van der Waals surface area contributed by atoms with Gasteiger partial charge >= 0.3 is 0 Å². The van der Waals surface area contributed by atoms with E-state index in [9.17, 15) is 8.78 Å². The molecular weight excluding hydrogens is 166 g/mol. The van der Waals surface area contributed by atoms with Crippen molar-refractivity contribution in [2.45, 2.75) is 25.9 Å². The number of hydrogen-bond acceptors (Lipinski definition) is 2. The Morgan fingerprint density at radius 3 is 2.42 bits per heavy atom. The van der Waals surface area contributed by atoms with Crippen LogP contribution in [0.25, 0.3) is 0 Å². The summed E-state index contributed by atoms with van der Waals surface area (Å²) in [6, 6.07) is 0. The minimum absolute atomic E-state index is 0.141. The van der Waals surface area contributed by atoms with Gasteiger partial charge in [0.1, 0.15) is 6.10 Å². The molecule has 12 heavy (non-hydrogen) atoms. The van der Waals surface area contributed by atoms with Gasteiger partial charge in [0.15, 0.2) is 0 Å². The first-order valence-electron chi connectivity index (χ1n) is 3.51. The summed E-state index contributed by atoms with van der Waals surface area (Å²) in [7, 11) is 0. The molecule has 0 aromatic carbocycles. The molecule has 2 nitrogen and oxygen atoms in total. The van der Waals surface area contributed by atoms with Gasteiger partial charge in [0.05, 0.1) is 12.5 Å². The van der Waals surface area contributed by atoms with Gasteiger partial charge in [-0.2, -0.15) is 0 Å². The topological polar surface area (TPSA) is 33.4 Å². The molecule has 0 spiro atoms. The SMILES string of the molecule is Cc1cocc1C(O)C(C)(F)F. The van der Waals surface area contributed by atoms with E-state index < -0.39 is 12.0 Å². The molecule has 1 rings (SSSR count). The van der Waals surface area contributed by atoms with Gasteiger partial charge in [0.25, 0.3) is 5.92 Å². The van der Waals surface area contributed by atoms with Crippen molar-refractivity contribution in [1.29, 1.82) is 0 Å². The minimum atomic E-state index is -3.13. The van der Waals surface area contributed by atoms with Crippen molar-refractivity contribution >= 4 is 0 Å². The summed E-state index contributed by atoms with van der Waals surface area (Å²) in [5.74, 6) is -3.13. The molecule has 4 heteroatoms. The molecule has 1 unspecified atom stereocenters. The summed E-state index contributed by atoms with van der Waals surface area (Å²) in [4.78, 5) is 0. The van der Waals surface area contributed by atoms with Crippen LogP contribution in [-0.4, -0.2) is 11.0 Å². The predicted molar refractivity (Wildman–Crippen MR) is 39.0 cm³/mol. The van der Waals surface area contributed by atoms with E-state index in [0.717, 1.165) is 6.26 Å². The van der Waals surface area contributed by atoms with Crippen LogP contribution in [0.15, 0.2) is 16.9 Å². The van der Waals surface area contributed by atoms with Crippen molar-refractivity contribution in [3.63, 3.8) is 0 Å². The van der Waals surface area contributed by atoms with E-state index in [4.69, 9.17) is 5.11 Å². The zero-order valence-electron chi connectivity index (χ0n) is 6.84. The fourth-order valence-corrected chi connectivity index (χ4v) is 0.924. The van der Waals surface area contributed by atoms with Crippen molar-refractivity contribution in [2.24, 2.45) is 0 Å². The van der Waals surface area contributed by atoms with Gasteiger partial charge in [-0.3, -0.25) is 0 Å². The first-order valence-corrected chi connectivity index (χ1v) is 3.51. The molecule has 0 amide bonds. The summed E-state index contributed by atoms with van der Waals surface area (Å²) in [5.41, 5.74) is 0.673. The van der Waals surface area contributed by atoms with Crippen LogP contribution in [0.1, 0.15) is 24.2 Å². The molecule has 0 aliphatic heterocycles. The van der Waals surface area contributed by atoms with Crippen molar-refractivity contribution in [1.82, 2.24) is 0 Å². The third kappa shape index (κ3) is 1.64. The quantitative estimate of drug-likeness (QED) is 0.749. The Balaban J connectivity index is 2.92. The molecule has 0 bridgehead atoms. The van der Waals surface area contributed by atoms with E-state index in [2.05, 4.69) is 4.42 Å². The van der Waals surface area contributed by atoms with Crippen molar-refractivity contribution in [3.05, 3.63) is 23.7 Å². The summed E-state index contributed by atoms with van der Waals surface area (Å²) in [6.45, 7) is 2.28. The first-order chi connectivity index (χ1) is 5.43. The Morgan fingerprint density at radius 2 is 2.08 bits per heavy atom. The summed E-state index contributed by atoms with van der Waals surface area (Å²) in [6.07, 6.45) is 0.679. The number of aryl methyl sites for hydroxylation is 1. The van der Waals surface area contributed by atoms with Gasteiger partial charge in [0, 0.05) is 12.5 Å². The average molecular weight is 176 g/mol. The lowest BCUT2D eigenvalue weighted by Crippen LogP contribution is -2.21. The van der Waals surface area contributed by atoms with Gasteiger partial charge in [-0.15, -0.1) is 0 Å². The maximum atomic E-state index is 12.6. The van der Waals surface area contributed by atoms with Gasteiger partial charge in [-0.05, 0) is 12.5 Å². The molecule has 1 aromatic rings. The normalized spacial score (nSPS) is 14.8. The lowest BCUT2D eigenvalue weighted by atomic mass is 10.1. The summed E-state index contributed by atoms with van der Waals surface area (Å²) in [5, 5.41) is 9.12. The smallest absolute Gasteiger partial charge is 0.274 e. The number of aliphatic hydroxyl groups excluding tert-OH is 1. The van der Waals surface area contributed by atoms with Gasteiger partial charge in [-0.25, -0.2) is 8.78 Å². The lowest BCUT2D eigenvalue weighted by Gasteiger charge is -2.17. The maximum absolute atomic E-state index is 12.6. The van der Waals surface area contributed by atoms with Gasteiger partial charge in [-0.1, -0.05) is 0 Å². The Hall–Kier alpha value is -0.900. The fraction of sp³-hybridized carbons (Fsp3) is 0.500. The highest BCUT2D eigenvalue weighted by atomic mass is 19.3.